The van der Waals surface area contributed by atoms with Crippen molar-refractivity contribution in [2.75, 3.05) is 19.0 Å². The van der Waals surface area contributed by atoms with Crippen LogP contribution in [0.4, 0.5) is 5.69 Å². The number of carbonyl (C=O) groups excluding carboxylic acids is 1. The number of amides is 1. The van der Waals surface area contributed by atoms with Crippen molar-refractivity contribution in [3.63, 3.8) is 0 Å². The third-order valence-electron chi connectivity index (χ3n) is 3.00. The van der Waals surface area contributed by atoms with E-state index in [0.717, 1.165) is 0 Å². The van der Waals surface area contributed by atoms with E-state index >= 15 is 0 Å². The molecular weight excluding hydrogens is 286 g/mol. The molecule has 0 saturated carbocycles. The minimum Gasteiger partial charge on any atom is -0.479 e. The van der Waals surface area contributed by atoms with Crippen LogP contribution < -0.4 is 14.8 Å². The first kappa shape index (κ1) is 15.7. The zero-order chi connectivity index (χ0) is 16.3. The maximum Gasteiger partial charge on any atom is 0.316 e. The first-order valence-corrected chi connectivity index (χ1v) is 6.83. The summed E-state index contributed by atoms with van der Waals surface area (Å²) in [6, 6.07) is 0.300. The molecule has 1 N–H and O–H groups in total. The predicted octanol–water partition coefficient (Wildman–Crippen LogP) is 1.49. The highest BCUT2D eigenvalue weighted by molar-refractivity contribution is 6.06. The highest BCUT2D eigenvalue weighted by Gasteiger charge is 2.19. The van der Waals surface area contributed by atoms with Gasteiger partial charge in [-0.3, -0.25) is 9.48 Å². The van der Waals surface area contributed by atoms with Crippen molar-refractivity contribution in [2.24, 2.45) is 7.05 Å². The third kappa shape index (κ3) is 3.16. The zero-order valence-corrected chi connectivity index (χ0v) is 13.3. The molecule has 8 nitrogen and oxygen atoms in total. The molecule has 2 heterocycles. The minimum atomic E-state index is -0.330. The summed E-state index contributed by atoms with van der Waals surface area (Å²) < 4.78 is 11.9. The number of hydrogen-bond acceptors (Lipinski definition) is 6. The Morgan fingerprint density at radius 1 is 1.32 bits per heavy atom. The van der Waals surface area contributed by atoms with E-state index in [9.17, 15) is 4.79 Å². The van der Waals surface area contributed by atoms with Crippen LogP contribution in [0.5, 0.6) is 11.9 Å². The van der Waals surface area contributed by atoms with Crippen LogP contribution in [0.15, 0.2) is 6.20 Å². The molecule has 8 heteroatoms. The molecule has 0 aromatic carbocycles. The Morgan fingerprint density at radius 3 is 2.50 bits per heavy atom. The molecule has 0 radical (unpaired) electrons. The van der Waals surface area contributed by atoms with Gasteiger partial charge in [-0.2, -0.15) is 9.97 Å². The number of hydrogen-bond donors (Lipinski definition) is 1. The van der Waals surface area contributed by atoms with Crippen LogP contribution in [0.1, 0.15) is 28.7 Å². The normalized spacial score (nSPS) is 10.4. The van der Waals surface area contributed by atoms with Crippen molar-refractivity contribution in [3.05, 3.63) is 23.1 Å². The lowest BCUT2D eigenvalue weighted by molar-refractivity contribution is 0.102. The van der Waals surface area contributed by atoms with Crippen LogP contribution in [-0.4, -0.2) is 39.4 Å². The maximum absolute atomic E-state index is 12.4. The fourth-order valence-electron chi connectivity index (χ4n) is 2.02. The molecule has 0 aliphatic rings. The van der Waals surface area contributed by atoms with Crippen LogP contribution in [0.3, 0.4) is 0 Å². The van der Waals surface area contributed by atoms with Crippen molar-refractivity contribution < 1.29 is 14.3 Å². The average Bonchev–Trinajstić information content (AvgIpc) is 2.84. The second kappa shape index (κ2) is 6.42. The Balaban J connectivity index is 2.28. The number of nitrogens with zero attached hydrogens (tertiary/aromatic N) is 4. The van der Waals surface area contributed by atoms with Gasteiger partial charge in [-0.1, -0.05) is 0 Å². The number of aromatic nitrogens is 4. The molecule has 0 unspecified atom stereocenters. The fourth-order valence-corrected chi connectivity index (χ4v) is 2.02. The van der Waals surface area contributed by atoms with Gasteiger partial charge in [-0.05, 0) is 20.8 Å². The SMILES string of the molecule is CCOc1nc(C)c(NC(=O)c2cn(C)nc2OC)c(C)n1. The standard InChI is InChI=1S/C14H19N5O3/c1-6-22-14-15-8(2)11(9(3)16-14)17-12(20)10-7-19(4)18-13(10)21-5/h7H,6H2,1-5H3,(H,17,20). The van der Waals surface area contributed by atoms with E-state index in [2.05, 4.69) is 20.4 Å². The number of methoxy groups -OCH3 is 1. The molecule has 0 saturated heterocycles. The first-order valence-electron chi connectivity index (χ1n) is 6.83. The summed E-state index contributed by atoms with van der Waals surface area (Å²) in [4.78, 5) is 20.8. The van der Waals surface area contributed by atoms with E-state index in [-0.39, 0.29) is 11.8 Å². The predicted molar refractivity (Wildman–Crippen MR) is 80.4 cm³/mol. The van der Waals surface area contributed by atoms with E-state index in [4.69, 9.17) is 9.47 Å². The monoisotopic (exact) mass is 305 g/mol. The Hall–Kier alpha value is -2.64. The van der Waals surface area contributed by atoms with E-state index < -0.39 is 0 Å². The van der Waals surface area contributed by atoms with E-state index in [1.54, 1.807) is 27.1 Å². The largest absolute Gasteiger partial charge is 0.479 e. The Morgan fingerprint density at radius 2 is 1.95 bits per heavy atom. The van der Waals surface area contributed by atoms with E-state index in [1.165, 1.54) is 11.8 Å². The zero-order valence-electron chi connectivity index (χ0n) is 13.3. The molecule has 0 aliphatic carbocycles. The van der Waals surface area contributed by atoms with E-state index in [1.807, 2.05) is 6.92 Å². The number of rotatable bonds is 5. The van der Waals surface area contributed by atoms with Crippen molar-refractivity contribution >= 4 is 11.6 Å². The van der Waals surface area contributed by atoms with Crippen molar-refractivity contribution in [3.8, 4) is 11.9 Å². The van der Waals surface area contributed by atoms with Gasteiger partial charge >= 0.3 is 6.01 Å². The maximum atomic E-state index is 12.4. The van der Waals surface area contributed by atoms with Gasteiger partial charge in [0.2, 0.25) is 5.88 Å². The Bertz CT molecular complexity index is 673. The summed E-state index contributed by atoms with van der Waals surface area (Å²) in [6.07, 6.45) is 1.59. The first-order chi connectivity index (χ1) is 10.5. The second-order valence-electron chi connectivity index (χ2n) is 4.66. The highest BCUT2D eigenvalue weighted by atomic mass is 16.5. The number of anilines is 1. The third-order valence-corrected chi connectivity index (χ3v) is 3.00. The summed E-state index contributed by atoms with van der Waals surface area (Å²) in [5.74, 6) is -0.0638. The van der Waals surface area contributed by atoms with Crippen LogP contribution in [0, 0.1) is 13.8 Å². The quantitative estimate of drug-likeness (QED) is 0.900. The molecule has 2 rings (SSSR count). The average molecular weight is 305 g/mol. The van der Waals surface area contributed by atoms with Gasteiger partial charge in [0.05, 0.1) is 30.8 Å². The summed E-state index contributed by atoms with van der Waals surface area (Å²) in [6.45, 7) is 5.91. The second-order valence-corrected chi connectivity index (χ2v) is 4.66. The molecule has 0 atom stereocenters. The van der Waals surface area contributed by atoms with Gasteiger partial charge in [0.25, 0.3) is 5.91 Å². The summed E-state index contributed by atoms with van der Waals surface area (Å²) >= 11 is 0. The lowest BCUT2D eigenvalue weighted by Gasteiger charge is -2.11. The molecule has 118 valence electrons. The van der Waals surface area contributed by atoms with Crippen LogP contribution in [-0.2, 0) is 7.05 Å². The molecule has 1 amide bonds. The highest BCUT2D eigenvalue weighted by Crippen LogP contribution is 2.22. The topological polar surface area (TPSA) is 91.2 Å². The van der Waals surface area contributed by atoms with Crippen LogP contribution >= 0.6 is 0 Å². The summed E-state index contributed by atoms with van der Waals surface area (Å²) in [5, 5.41) is 6.86. The van der Waals surface area contributed by atoms with Crippen LogP contribution in [0.2, 0.25) is 0 Å². The van der Waals surface area contributed by atoms with Gasteiger partial charge in [0, 0.05) is 13.2 Å². The van der Waals surface area contributed by atoms with Gasteiger partial charge in [-0.25, -0.2) is 0 Å². The number of nitrogens with one attached hydrogen (secondary N) is 1. The molecule has 0 bridgehead atoms. The molecule has 2 aromatic rings. The molecule has 22 heavy (non-hydrogen) atoms. The van der Waals surface area contributed by atoms with Crippen molar-refractivity contribution in [1.82, 2.24) is 19.7 Å². The molecular formula is C14H19N5O3. The van der Waals surface area contributed by atoms with Crippen molar-refractivity contribution in [1.29, 1.82) is 0 Å². The summed E-state index contributed by atoms with van der Waals surface area (Å²) in [5.41, 5.74) is 2.16. The molecule has 0 fully saturated rings. The Kier molecular flexibility index (Phi) is 4.59. The fraction of sp³-hybridized carbons (Fsp3) is 0.429. The van der Waals surface area contributed by atoms with E-state index in [0.29, 0.717) is 35.3 Å². The van der Waals surface area contributed by atoms with Gasteiger partial charge in [0.15, 0.2) is 0 Å². The van der Waals surface area contributed by atoms with Crippen LogP contribution in [0.25, 0.3) is 0 Å². The van der Waals surface area contributed by atoms with Gasteiger partial charge in [0.1, 0.15) is 5.56 Å². The summed E-state index contributed by atoms with van der Waals surface area (Å²) in [7, 11) is 3.19. The van der Waals surface area contributed by atoms with Gasteiger partial charge in [-0.15, -0.1) is 5.10 Å². The lowest BCUT2D eigenvalue weighted by Crippen LogP contribution is -2.16. The van der Waals surface area contributed by atoms with Gasteiger partial charge < -0.3 is 14.8 Å². The minimum absolute atomic E-state index is 0.266. The molecule has 0 spiro atoms. The number of aryl methyl sites for hydroxylation is 3. The smallest absolute Gasteiger partial charge is 0.316 e. The Labute approximate surface area is 128 Å². The van der Waals surface area contributed by atoms with Crippen molar-refractivity contribution in [2.45, 2.75) is 20.8 Å². The number of ether oxygens (including phenoxy) is 2. The molecule has 0 aliphatic heterocycles. The molecule has 2 aromatic heterocycles. The number of carbonyl (C=O) groups is 1. The lowest BCUT2D eigenvalue weighted by atomic mass is 10.2.